The molecule has 2 aromatic rings. The van der Waals surface area contributed by atoms with Crippen LogP contribution in [0.25, 0.3) is 0 Å². The van der Waals surface area contributed by atoms with Crippen molar-refractivity contribution < 1.29 is 14.6 Å². The van der Waals surface area contributed by atoms with Gasteiger partial charge < -0.3 is 10.1 Å². The molecule has 0 unspecified atom stereocenters. The Morgan fingerprint density at radius 1 is 1.08 bits per heavy atom. The molecule has 0 amide bonds. The number of nitrogens with zero attached hydrogens (tertiary/aromatic N) is 2. The first kappa shape index (κ1) is 17.9. The van der Waals surface area contributed by atoms with Crippen LogP contribution in [0.3, 0.4) is 0 Å². The fraction of sp³-hybridized carbons (Fsp3) is 0.0714. The van der Waals surface area contributed by atoms with E-state index in [-0.39, 0.29) is 16.5 Å². The van der Waals surface area contributed by atoms with Crippen molar-refractivity contribution in [2.45, 2.75) is 0 Å². The van der Waals surface area contributed by atoms with E-state index in [0.29, 0.717) is 11.4 Å². The molecule has 11 heteroatoms. The Hall–Kier alpha value is -3.47. The molecule has 3 N–H and O–H groups in total. The molecule has 130 valence electrons. The molecule has 0 aromatic heterocycles. The van der Waals surface area contributed by atoms with E-state index in [0.717, 1.165) is 12.1 Å². The fourth-order valence-electron chi connectivity index (χ4n) is 1.85. The van der Waals surface area contributed by atoms with E-state index in [2.05, 4.69) is 16.2 Å². The number of nitro groups is 2. The summed E-state index contributed by atoms with van der Waals surface area (Å²) in [7, 11) is 1.55. The van der Waals surface area contributed by atoms with Gasteiger partial charge in [-0.2, -0.15) is 0 Å². The number of ether oxygens (including phenoxy) is 1. The van der Waals surface area contributed by atoms with Gasteiger partial charge in [-0.25, -0.2) is 0 Å². The monoisotopic (exact) mass is 363 g/mol. The number of hydrazine groups is 1. The molecule has 25 heavy (non-hydrogen) atoms. The fourth-order valence-corrected chi connectivity index (χ4v) is 2.02. The molecule has 0 heterocycles. The van der Waals surface area contributed by atoms with Gasteiger partial charge >= 0.3 is 5.69 Å². The Labute approximate surface area is 147 Å². The highest BCUT2D eigenvalue weighted by Crippen LogP contribution is 2.28. The lowest BCUT2D eigenvalue weighted by molar-refractivity contribution is -0.393. The van der Waals surface area contributed by atoms with Gasteiger partial charge in [0.05, 0.1) is 23.0 Å². The van der Waals surface area contributed by atoms with Crippen molar-refractivity contribution in [2.24, 2.45) is 0 Å². The third-order valence-electron chi connectivity index (χ3n) is 3.05. The lowest BCUT2D eigenvalue weighted by Gasteiger charge is -2.13. The van der Waals surface area contributed by atoms with Crippen molar-refractivity contribution in [1.82, 2.24) is 5.43 Å². The van der Waals surface area contributed by atoms with E-state index in [1.54, 1.807) is 31.4 Å². The number of thiocarbonyl (C=S) groups is 1. The number of anilines is 2. The highest BCUT2D eigenvalue weighted by atomic mass is 32.1. The minimum atomic E-state index is -0.725. The van der Waals surface area contributed by atoms with E-state index in [9.17, 15) is 20.2 Å². The third kappa shape index (κ3) is 4.75. The van der Waals surface area contributed by atoms with Crippen LogP contribution in [0.4, 0.5) is 22.7 Å². The first-order chi connectivity index (χ1) is 11.9. The van der Waals surface area contributed by atoms with Gasteiger partial charge in [-0.05, 0) is 42.5 Å². The normalized spacial score (nSPS) is 9.80. The van der Waals surface area contributed by atoms with E-state index >= 15 is 0 Å². The standard InChI is InChI=1S/C14H13N5O5S/c1-24-11-5-2-9(3-6-11)15-14(25)17-16-12-7-4-10(18(20)21)8-13(12)19(22)23/h2-8,16H,1H3,(H2,15,17,25). The molecule has 0 bridgehead atoms. The first-order valence-electron chi connectivity index (χ1n) is 6.80. The summed E-state index contributed by atoms with van der Waals surface area (Å²) >= 11 is 5.08. The van der Waals surface area contributed by atoms with Crippen LogP contribution in [-0.4, -0.2) is 22.1 Å². The predicted molar refractivity (Wildman–Crippen MR) is 95.7 cm³/mol. The van der Waals surface area contributed by atoms with Crippen LogP contribution in [0.15, 0.2) is 42.5 Å². The highest BCUT2D eigenvalue weighted by molar-refractivity contribution is 7.80. The molecule has 0 fully saturated rings. The van der Waals surface area contributed by atoms with Crippen LogP contribution >= 0.6 is 12.2 Å². The van der Waals surface area contributed by atoms with Crippen LogP contribution in [0.2, 0.25) is 0 Å². The molecule has 0 saturated carbocycles. The van der Waals surface area contributed by atoms with Crippen LogP contribution in [-0.2, 0) is 0 Å². The van der Waals surface area contributed by atoms with Crippen molar-refractivity contribution >= 4 is 40.1 Å². The molecule has 0 aliphatic rings. The van der Waals surface area contributed by atoms with Gasteiger partial charge in [0.1, 0.15) is 11.4 Å². The van der Waals surface area contributed by atoms with Crippen LogP contribution < -0.4 is 20.9 Å². The van der Waals surface area contributed by atoms with Gasteiger partial charge in [0.15, 0.2) is 5.11 Å². The SMILES string of the molecule is COc1ccc(NC(=S)NNc2ccc([N+](=O)[O-])cc2[N+](=O)[O-])cc1. The number of nitro benzene ring substituents is 2. The molecule has 2 rings (SSSR count). The van der Waals surface area contributed by atoms with E-state index in [1.807, 2.05) is 0 Å². The van der Waals surface area contributed by atoms with Gasteiger partial charge in [-0.15, -0.1) is 0 Å². The maximum Gasteiger partial charge on any atom is 0.300 e. The van der Waals surface area contributed by atoms with E-state index in [4.69, 9.17) is 17.0 Å². The van der Waals surface area contributed by atoms with Gasteiger partial charge in [-0.3, -0.25) is 31.1 Å². The molecular formula is C14H13N5O5S. The second kappa shape index (κ2) is 7.88. The summed E-state index contributed by atoms with van der Waals surface area (Å²) < 4.78 is 5.04. The average Bonchev–Trinajstić information content (AvgIpc) is 2.60. The summed E-state index contributed by atoms with van der Waals surface area (Å²) in [5.41, 5.74) is 5.03. The predicted octanol–water partition coefficient (Wildman–Crippen LogP) is 2.83. The Kier molecular flexibility index (Phi) is 5.63. The zero-order chi connectivity index (χ0) is 18.4. The van der Waals surface area contributed by atoms with E-state index < -0.39 is 15.5 Å². The highest BCUT2D eigenvalue weighted by Gasteiger charge is 2.19. The van der Waals surface area contributed by atoms with Crippen LogP contribution in [0.5, 0.6) is 5.75 Å². The first-order valence-corrected chi connectivity index (χ1v) is 7.21. The lowest BCUT2D eigenvalue weighted by Crippen LogP contribution is -2.33. The topological polar surface area (TPSA) is 132 Å². The van der Waals surface area contributed by atoms with Crippen LogP contribution in [0.1, 0.15) is 0 Å². The lowest BCUT2D eigenvalue weighted by atomic mass is 10.2. The summed E-state index contributed by atoms with van der Waals surface area (Å²) in [6, 6.07) is 10.2. The maximum absolute atomic E-state index is 11.0. The van der Waals surface area contributed by atoms with Crippen molar-refractivity contribution in [2.75, 3.05) is 17.9 Å². The van der Waals surface area contributed by atoms with Gasteiger partial charge in [-0.1, -0.05) is 0 Å². The minimum Gasteiger partial charge on any atom is -0.497 e. The number of nitrogens with one attached hydrogen (secondary N) is 3. The molecule has 0 aliphatic heterocycles. The Morgan fingerprint density at radius 3 is 2.32 bits per heavy atom. The smallest absolute Gasteiger partial charge is 0.300 e. The Balaban J connectivity index is 2.03. The second-order valence-electron chi connectivity index (χ2n) is 4.65. The molecule has 0 spiro atoms. The van der Waals surface area contributed by atoms with Crippen molar-refractivity contribution in [3.05, 3.63) is 62.7 Å². The Bertz CT molecular complexity index is 812. The quantitative estimate of drug-likeness (QED) is 0.402. The van der Waals surface area contributed by atoms with Crippen molar-refractivity contribution in [1.29, 1.82) is 0 Å². The number of non-ortho nitro benzene ring substituents is 1. The number of rotatable bonds is 6. The van der Waals surface area contributed by atoms with Gasteiger partial charge in [0.2, 0.25) is 0 Å². The number of benzene rings is 2. The second-order valence-corrected chi connectivity index (χ2v) is 5.06. The van der Waals surface area contributed by atoms with Crippen molar-refractivity contribution in [3.63, 3.8) is 0 Å². The van der Waals surface area contributed by atoms with E-state index in [1.165, 1.54) is 6.07 Å². The van der Waals surface area contributed by atoms with Gasteiger partial charge in [0.25, 0.3) is 5.69 Å². The largest absolute Gasteiger partial charge is 0.497 e. The summed E-state index contributed by atoms with van der Waals surface area (Å²) in [6.07, 6.45) is 0. The summed E-state index contributed by atoms with van der Waals surface area (Å²) in [5, 5.41) is 24.8. The Morgan fingerprint density at radius 2 is 1.76 bits per heavy atom. The number of hydrogen-bond acceptors (Lipinski definition) is 7. The number of hydrogen-bond donors (Lipinski definition) is 3. The molecule has 0 saturated heterocycles. The summed E-state index contributed by atoms with van der Waals surface area (Å²) in [4.78, 5) is 20.3. The molecule has 2 aromatic carbocycles. The maximum atomic E-state index is 11.0. The van der Waals surface area contributed by atoms with Gasteiger partial charge in [0, 0.05) is 11.8 Å². The molecule has 10 nitrogen and oxygen atoms in total. The minimum absolute atomic E-state index is 0.0366. The molecule has 0 atom stereocenters. The zero-order valence-corrected chi connectivity index (χ0v) is 13.7. The zero-order valence-electron chi connectivity index (χ0n) is 12.9. The molecule has 0 radical (unpaired) electrons. The molecule has 0 aliphatic carbocycles. The van der Waals surface area contributed by atoms with Crippen LogP contribution in [0, 0.1) is 20.2 Å². The molecular weight excluding hydrogens is 350 g/mol. The average molecular weight is 363 g/mol. The number of methoxy groups -OCH3 is 1. The summed E-state index contributed by atoms with van der Waals surface area (Å²) in [6.45, 7) is 0. The summed E-state index contributed by atoms with van der Waals surface area (Å²) in [5.74, 6) is 0.684. The third-order valence-corrected chi connectivity index (χ3v) is 3.25. The van der Waals surface area contributed by atoms with Crippen molar-refractivity contribution in [3.8, 4) is 5.75 Å².